The van der Waals surface area contributed by atoms with Gasteiger partial charge in [-0.25, -0.2) is 9.18 Å². The topological polar surface area (TPSA) is 58.6 Å². The van der Waals surface area contributed by atoms with Crippen LogP contribution in [-0.4, -0.2) is 31.2 Å². The highest BCUT2D eigenvalue weighted by molar-refractivity contribution is 5.94. The second kappa shape index (κ2) is 7.26. The maximum absolute atomic E-state index is 12.9. The summed E-state index contributed by atoms with van der Waals surface area (Å²) in [5, 5.41) is 2.54. The van der Waals surface area contributed by atoms with Crippen molar-refractivity contribution in [2.75, 3.05) is 18.0 Å². The molecule has 0 aliphatic carbocycles. The van der Waals surface area contributed by atoms with E-state index < -0.39 is 35.7 Å². The number of alkyl halides is 3. The summed E-state index contributed by atoms with van der Waals surface area (Å²) < 4.78 is 56.4. The van der Waals surface area contributed by atoms with Gasteiger partial charge in [0.25, 0.3) is 5.91 Å². The number of halogens is 4. The number of hydrogen-bond donors (Lipinski definition) is 1. The fourth-order valence-electron chi connectivity index (χ4n) is 2.60. The number of rotatable bonds is 4. The van der Waals surface area contributed by atoms with Crippen molar-refractivity contribution >= 4 is 17.7 Å². The fraction of sp³-hybridized carbons (Fsp3) is 0.222. The number of carbonyl (C=O) groups is 2. The van der Waals surface area contributed by atoms with Crippen LogP contribution in [0.3, 0.4) is 0 Å². The maximum atomic E-state index is 12.9. The zero-order valence-corrected chi connectivity index (χ0v) is 13.8. The average Bonchev–Trinajstić information content (AvgIpc) is 3.00. The first-order chi connectivity index (χ1) is 12.7. The van der Waals surface area contributed by atoms with E-state index in [4.69, 9.17) is 4.74 Å². The summed E-state index contributed by atoms with van der Waals surface area (Å²) in [4.78, 5) is 25.0. The monoisotopic (exact) mass is 382 g/mol. The molecule has 1 aliphatic heterocycles. The van der Waals surface area contributed by atoms with Gasteiger partial charge in [-0.05, 0) is 42.5 Å². The lowest BCUT2D eigenvalue weighted by molar-refractivity contribution is -0.137. The van der Waals surface area contributed by atoms with Crippen molar-refractivity contribution in [3.63, 3.8) is 0 Å². The van der Waals surface area contributed by atoms with E-state index in [2.05, 4.69) is 5.32 Å². The molecular weight excluding hydrogens is 368 g/mol. The Morgan fingerprint density at radius 2 is 1.89 bits per heavy atom. The average molecular weight is 382 g/mol. The summed E-state index contributed by atoms with van der Waals surface area (Å²) in [6.07, 6.45) is -6.05. The lowest BCUT2D eigenvalue weighted by Crippen LogP contribution is -2.34. The molecule has 27 heavy (non-hydrogen) atoms. The highest BCUT2D eigenvalue weighted by Crippen LogP contribution is 2.32. The van der Waals surface area contributed by atoms with Gasteiger partial charge in [0, 0.05) is 11.3 Å². The van der Waals surface area contributed by atoms with Crippen LogP contribution >= 0.6 is 0 Å². The van der Waals surface area contributed by atoms with Crippen LogP contribution in [0.5, 0.6) is 0 Å². The highest BCUT2D eigenvalue weighted by atomic mass is 19.4. The van der Waals surface area contributed by atoms with E-state index in [9.17, 15) is 27.2 Å². The molecule has 1 N–H and O–H groups in total. The van der Waals surface area contributed by atoms with Crippen molar-refractivity contribution in [1.29, 1.82) is 0 Å². The first kappa shape index (κ1) is 18.7. The zero-order chi connectivity index (χ0) is 19.6. The van der Waals surface area contributed by atoms with Crippen LogP contribution in [0.4, 0.5) is 28.0 Å². The number of nitrogens with zero attached hydrogens (tertiary/aromatic N) is 1. The summed E-state index contributed by atoms with van der Waals surface area (Å²) in [5.74, 6) is -0.962. The minimum Gasteiger partial charge on any atom is -0.442 e. The number of ether oxygens (including phenoxy) is 1. The van der Waals surface area contributed by atoms with E-state index in [1.54, 1.807) is 0 Å². The van der Waals surface area contributed by atoms with E-state index in [-0.39, 0.29) is 24.3 Å². The first-order valence-electron chi connectivity index (χ1n) is 7.93. The van der Waals surface area contributed by atoms with Crippen molar-refractivity contribution in [2.24, 2.45) is 0 Å². The molecule has 0 aromatic heterocycles. The molecule has 0 radical (unpaired) electrons. The minimum absolute atomic E-state index is 0.0101. The molecule has 1 heterocycles. The molecule has 2 amide bonds. The molecular formula is C18H14F4N2O3. The van der Waals surface area contributed by atoms with Crippen molar-refractivity contribution in [2.45, 2.75) is 12.3 Å². The van der Waals surface area contributed by atoms with E-state index in [1.807, 2.05) is 0 Å². The number of carbonyl (C=O) groups excluding carboxylic acids is 2. The number of hydrogen-bond acceptors (Lipinski definition) is 3. The van der Waals surface area contributed by atoms with Crippen molar-refractivity contribution < 1.29 is 31.9 Å². The van der Waals surface area contributed by atoms with Gasteiger partial charge in [0.15, 0.2) is 0 Å². The maximum Gasteiger partial charge on any atom is 0.416 e. The number of amides is 2. The molecule has 2 aromatic rings. The molecule has 2 aromatic carbocycles. The molecule has 1 atom stereocenters. The Balaban J connectivity index is 1.62. The van der Waals surface area contributed by atoms with Gasteiger partial charge in [0.05, 0.1) is 18.7 Å². The first-order valence-corrected chi connectivity index (χ1v) is 7.93. The fourth-order valence-corrected chi connectivity index (χ4v) is 2.60. The second-order valence-corrected chi connectivity index (χ2v) is 5.88. The molecule has 1 fully saturated rings. The summed E-state index contributed by atoms with van der Waals surface area (Å²) in [6.45, 7) is -0.0404. The van der Waals surface area contributed by atoms with Crippen LogP contribution < -0.4 is 10.2 Å². The smallest absolute Gasteiger partial charge is 0.416 e. The normalized spacial score (nSPS) is 17.0. The summed E-state index contributed by atoms with van der Waals surface area (Å²) >= 11 is 0. The van der Waals surface area contributed by atoms with Gasteiger partial charge in [-0.15, -0.1) is 0 Å². The Bertz CT molecular complexity index is 852. The van der Waals surface area contributed by atoms with Crippen LogP contribution in [0.1, 0.15) is 15.9 Å². The lowest BCUT2D eigenvalue weighted by Gasteiger charge is -2.15. The zero-order valence-electron chi connectivity index (χ0n) is 13.8. The number of nitrogens with one attached hydrogen (secondary N) is 1. The van der Waals surface area contributed by atoms with Crippen LogP contribution in [-0.2, 0) is 10.9 Å². The van der Waals surface area contributed by atoms with Gasteiger partial charge in [-0.3, -0.25) is 9.69 Å². The summed E-state index contributed by atoms with van der Waals surface area (Å²) in [7, 11) is 0. The highest BCUT2D eigenvalue weighted by Gasteiger charge is 2.35. The Kier molecular flexibility index (Phi) is 5.02. The van der Waals surface area contributed by atoms with Gasteiger partial charge in [0.1, 0.15) is 11.9 Å². The van der Waals surface area contributed by atoms with Crippen LogP contribution in [0.15, 0.2) is 48.5 Å². The van der Waals surface area contributed by atoms with E-state index in [0.29, 0.717) is 0 Å². The Morgan fingerprint density at radius 1 is 1.19 bits per heavy atom. The number of benzene rings is 2. The van der Waals surface area contributed by atoms with Crippen LogP contribution in [0, 0.1) is 5.82 Å². The van der Waals surface area contributed by atoms with Crippen LogP contribution in [0.2, 0.25) is 0 Å². The standard InChI is InChI=1S/C18H14F4N2O3/c19-13-6-4-11(5-7-13)16(25)23-9-15-10-24(17(26)27-15)14-3-1-2-12(8-14)18(20,21)22/h1-8,15H,9-10H2,(H,23,25). The molecule has 1 unspecified atom stereocenters. The lowest BCUT2D eigenvalue weighted by atomic mass is 10.2. The predicted octanol–water partition coefficient (Wildman–Crippen LogP) is 3.60. The molecule has 5 nitrogen and oxygen atoms in total. The molecule has 1 aliphatic rings. The van der Waals surface area contributed by atoms with E-state index >= 15 is 0 Å². The van der Waals surface area contributed by atoms with E-state index in [0.717, 1.165) is 29.2 Å². The van der Waals surface area contributed by atoms with Gasteiger partial charge < -0.3 is 10.1 Å². The Hall–Kier alpha value is -3.10. The third kappa shape index (κ3) is 4.36. The SMILES string of the molecule is O=C(NCC1CN(c2cccc(C(F)(F)F)c2)C(=O)O1)c1ccc(F)cc1. The van der Waals surface area contributed by atoms with Gasteiger partial charge in [0.2, 0.25) is 0 Å². The Labute approximate surface area is 151 Å². The third-order valence-corrected chi connectivity index (χ3v) is 3.96. The number of cyclic esters (lactones) is 1. The molecule has 9 heteroatoms. The van der Waals surface area contributed by atoms with Crippen molar-refractivity contribution in [3.8, 4) is 0 Å². The largest absolute Gasteiger partial charge is 0.442 e. The van der Waals surface area contributed by atoms with Gasteiger partial charge >= 0.3 is 12.3 Å². The molecule has 142 valence electrons. The summed E-state index contributed by atoms with van der Waals surface area (Å²) in [5.41, 5.74) is -0.585. The molecule has 0 spiro atoms. The predicted molar refractivity (Wildman–Crippen MR) is 87.8 cm³/mol. The van der Waals surface area contributed by atoms with Gasteiger partial charge in [-0.1, -0.05) is 6.07 Å². The third-order valence-electron chi connectivity index (χ3n) is 3.96. The number of anilines is 1. The van der Waals surface area contributed by atoms with Gasteiger partial charge in [-0.2, -0.15) is 13.2 Å². The quantitative estimate of drug-likeness (QED) is 0.822. The molecule has 0 bridgehead atoms. The van der Waals surface area contributed by atoms with Crippen LogP contribution in [0.25, 0.3) is 0 Å². The Morgan fingerprint density at radius 3 is 2.56 bits per heavy atom. The van der Waals surface area contributed by atoms with Crippen molar-refractivity contribution in [1.82, 2.24) is 5.32 Å². The summed E-state index contributed by atoms with van der Waals surface area (Å²) in [6, 6.07) is 9.23. The minimum atomic E-state index is -4.53. The van der Waals surface area contributed by atoms with Crippen molar-refractivity contribution in [3.05, 3.63) is 65.5 Å². The van der Waals surface area contributed by atoms with E-state index in [1.165, 1.54) is 24.3 Å². The molecule has 3 rings (SSSR count). The second-order valence-electron chi connectivity index (χ2n) is 5.88. The molecule has 1 saturated heterocycles. The molecule has 0 saturated carbocycles.